The highest BCUT2D eigenvalue weighted by atomic mass is 35.5. The fourth-order valence-electron chi connectivity index (χ4n) is 3.29. The minimum Gasteiger partial charge on any atom is -0.493 e. The molecule has 190 valence electrons. The number of nitrogens with zero attached hydrogens (tertiary/aromatic N) is 1. The molecule has 1 aliphatic heterocycles. The lowest BCUT2D eigenvalue weighted by atomic mass is 10.1. The van der Waals surface area contributed by atoms with Gasteiger partial charge in [-0.1, -0.05) is 18.5 Å². The number of anilines is 1. The fourth-order valence-corrected chi connectivity index (χ4v) is 3.57. The number of barbiturate groups is 1. The van der Waals surface area contributed by atoms with Crippen LogP contribution in [-0.4, -0.2) is 51.2 Å². The SMILES string of the molecule is CCCOc1ccc(N2C(=O)NC(=O)/C(=C\c3cc(Cl)c(OCC(N)=O)c(OC)c3)C2=O)cc1OC. The summed E-state index contributed by atoms with van der Waals surface area (Å²) in [5.74, 6) is -1.51. The second kappa shape index (κ2) is 11.5. The quantitative estimate of drug-likeness (QED) is 0.361. The van der Waals surface area contributed by atoms with Crippen molar-refractivity contribution in [1.82, 2.24) is 5.32 Å². The normalized spacial score (nSPS) is 14.5. The number of halogens is 1. The number of nitrogens with two attached hydrogens (primary N) is 1. The maximum absolute atomic E-state index is 13.3. The first-order valence-corrected chi connectivity index (χ1v) is 11.1. The molecular weight excluding hydrogens is 494 g/mol. The van der Waals surface area contributed by atoms with E-state index in [1.807, 2.05) is 6.92 Å². The fraction of sp³-hybridized carbons (Fsp3) is 0.250. The van der Waals surface area contributed by atoms with Crippen LogP contribution in [0.2, 0.25) is 5.02 Å². The number of benzene rings is 2. The van der Waals surface area contributed by atoms with Gasteiger partial charge in [-0.3, -0.25) is 19.7 Å². The van der Waals surface area contributed by atoms with Crippen molar-refractivity contribution in [3.05, 3.63) is 46.5 Å². The largest absolute Gasteiger partial charge is 0.493 e. The molecule has 12 heteroatoms. The molecule has 0 radical (unpaired) electrons. The summed E-state index contributed by atoms with van der Waals surface area (Å²) in [6, 6.07) is 6.46. The minimum absolute atomic E-state index is 0.0476. The van der Waals surface area contributed by atoms with Crippen LogP contribution in [0.1, 0.15) is 18.9 Å². The second-order valence-electron chi connectivity index (χ2n) is 7.43. The van der Waals surface area contributed by atoms with Gasteiger partial charge in [-0.25, -0.2) is 9.69 Å². The van der Waals surface area contributed by atoms with Gasteiger partial charge >= 0.3 is 6.03 Å². The lowest BCUT2D eigenvalue weighted by Crippen LogP contribution is -2.54. The van der Waals surface area contributed by atoms with Crippen LogP contribution in [0.4, 0.5) is 10.5 Å². The van der Waals surface area contributed by atoms with Crippen molar-refractivity contribution in [3.8, 4) is 23.0 Å². The Morgan fingerprint density at radius 3 is 2.42 bits per heavy atom. The van der Waals surface area contributed by atoms with Crippen LogP contribution in [0.25, 0.3) is 6.08 Å². The van der Waals surface area contributed by atoms with Gasteiger partial charge < -0.3 is 24.7 Å². The van der Waals surface area contributed by atoms with Gasteiger partial charge in [0.25, 0.3) is 17.7 Å². The molecule has 1 fully saturated rings. The lowest BCUT2D eigenvalue weighted by Gasteiger charge is -2.27. The number of hydrogen-bond acceptors (Lipinski definition) is 8. The molecular formula is C24H24ClN3O8. The minimum atomic E-state index is -0.919. The molecule has 11 nitrogen and oxygen atoms in total. The molecule has 3 rings (SSSR count). The Kier molecular flexibility index (Phi) is 8.38. The maximum atomic E-state index is 13.3. The van der Waals surface area contributed by atoms with E-state index in [4.69, 9.17) is 36.3 Å². The molecule has 2 aromatic rings. The van der Waals surface area contributed by atoms with E-state index < -0.39 is 30.4 Å². The first-order valence-electron chi connectivity index (χ1n) is 10.7. The first-order chi connectivity index (χ1) is 17.2. The van der Waals surface area contributed by atoms with E-state index in [0.29, 0.717) is 23.7 Å². The Labute approximate surface area is 211 Å². The number of carbonyl (C=O) groups is 4. The molecule has 36 heavy (non-hydrogen) atoms. The zero-order chi connectivity index (χ0) is 26.4. The van der Waals surface area contributed by atoms with Crippen LogP contribution in [0, 0.1) is 0 Å². The summed E-state index contributed by atoms with van der Waals surface area (Å²) in [5.41, 5.74) is 5.24. The van der Waals surface area contributed by atoms with Gasteiger partial charge in [0.2, 0.25) is 0 Å². The van der Waals surface area contributed by atoms with Crippen LogP contribution in [0.3, 0.4) is 0 Å². The third-order valence-electron chi connectivity index (χ3n) is 4.89. The van der Waals surface area contributed by atoms with Crippen molar-refractivity contribution < 1.29 is 38.1 Å². The molecule has 3 N–H and O–H groups in total. The summed E-state index contributed by atoms with van der Waals surface area (Å²) in [6.45, 7) is 1.98. The topological polar surface area (TPSA) is 146 Å². The zero-order valence-electron chi connectivity index (χ0n) is 19.8. The predicted octanol–water partition coefficient (Wildman–Crippen LogP) is 2.68. The van der Waals surface area contributed by atoms with Crippen molar-refractivity contribution >= 4 is 47.1 Å². The van der Waals surface area contributed by atoms with Crippen molar-refractivity contribution in [1.29, 1.82) is 0 Å². The molecule has 0 aromatic heterocycles. The number of urea groups is 1. The van der Waals surface area contributed by atoms with E-state index >= 15 is 0 Å². The van der Waals surface area contributed by atoms with E-state index in [1.54, 1.807) is 6.07 Å². The van der Waals surface area contributed by atoms with Crippen molar-refractivity contribution in [2.75, 3.05) is 32.3 Å². The van der Waals surface area contributed by atoms with Crippen LogP contribution >= 0.6 is 11.6 Å². The Morgan fingerprint density at radius 2 is 1.78 bits per heavy atom. The molecule has 2 aromatic carbocycles. The summed E-state index contributed by atoms with van der Waals surface area (Å²) in [6.07, 6.45) is 2.03. The summed E-state index contributed by atoms with van der Waals surface area (Å²) >= 11 is 6.26. The molecule has 1 saturated heterocycles. The third-order valence-corrected chi connectivity index (χ3v) is 5.17. The van der Waals surface area contributed by atoms with Gasteiger partial charge in [0.15, 0.2) is 29.6 Å². The second-order valence-corrected chi connectivity index (χ2v) is 7.84. The molecule has 0 spiro atoms. The number of rotatable bonds is 10. The van der Waals surface area contributed by atoms with Crippen LogP contribution in [0.5, 0.6) is 23.0 Å². The van der Waals surface area contributed by atoms with Gasteiger partial charge in [0.1, 0.15) is 5.57 Å². The van der Waals surface area contributed by atoms with Gasteiger partial charge in [0.05, 0.1) is 31.5 Å². The Morgan fingerprint density at radius 1 is 1.06 bits per heavy atom. The standard InChI is InChI=1S/C24H24ClN3O8/c1-4-7-35-17-6-5-14(11-18(17)33-2)28-23(31)15(22(30)27-24(28)32)8-13-9-16(25)21(19(10-13)34-3)36-12-20(26)29/h5-6,8-11H,4,7,12H2,1-3H3,(H2,26,29)(H,27,30,32)/b15-8+. The molecule has 0 atom stereocenters. The van der Waals surface area contributed by atoms with Gasteiger partial charge in [0, 0.05) is 6.07 Å². The molecule has 1 aliphatic rings. The monoisotopic (exact) mass is 517 g/mol. The van der Waals surface area contributed by atoms with Crippen molar-refractivity contribution in [2.45, 2.75) is 13.3 Å². The highest BCUT2D eigenvalue weighted by molar-refractivity contribution is 6.39. The van der Waals surface area contributed by atoms with Crippen molar-refractivity contribution in [2.24, 2.45) is 5.73 Å². The smallest absolute Gasteiger partial charge is 0.335 e. The summed E-state index contributed by atoms with van der Waals surface area (Å²) in [7, 11) is 2.78. The Bertz CT molecular complexity index is 1240. The van der Waals surface area contributed by atoms with E-state index in [-0.39, 0.29) is 27.8 Å². The molecule has 0 bridgehead atoms. The van der Waals surface area contributed by atoms with Crippen molar-refractivity contribution in [3.63, 3.8) is 0 Å². The predicted molar refractivity (Wildman–Crippen MR) is 130 cm³/mol. The highest BCUT2D eigenvalue weighted by Crippen LogP contribution is 2.38. The molecule has 1 heterocycles. The summed E-state index contributed by atoms with van der Waals surface area (Å²) < 4.78 is 21.5. The van der Waals surface area contributed by atoms with Crippen LogP contribution < -0.4 is 34.9 Å². The van der Waals surface area contributed by atoms with Gasteiger partial charge in [-0.15, -0.1) is 0 Å². The maximum Gasteiger partial charge on any atom is 0.335 e. The number of ether oxygens (including phenoxy) is 4. The van der Waals surface area contributed by atoms with E-state index in [2.05, 4.69) is 5.32 Å². The number of hydrogen-bond donors (Lipinski definition) is 2. The summed E-state index contributed by atoms with van der Waals surface area (Å²) in [5, 5.41) is 2.20. The number of nitrogens with one attached hydrogen (secondary N) is 1. The van der Waals surface area contributed by atoms with E-state index in [0.717, 1.165) is 11.3 Å². The first kappa shape index (κ1) is 26.4. The summed E-state index contributed by atoms with van der Waals surface area (Å²) in [4.78, 5) is 50.2. The average Bonchev–Trinajstić information content (AvgIpc) is 2.84. The zero-order valence-corrected chi connectivity index (χ0v) is 20.5. The number of primary amides is 1. The number of amides is 5. The van der Waals surface area contributed by atoms with Gasteiger partial charge in [-0.05, 0) is 42.3 Å². The molecule has 0 unspecified atom stereocenters. The number of imide groups is 2. The van der Waals surface area contributed by atoms with E-state index in [9.17, 15) is 19.2 Å². The number of methoxy groups -OCH3 is 2. The molecule has 5 amide bonds. The van der Waals surface area contributed by atoms with Crippen LogP contribution in [0.15, 0.2) is 35.9 Å². The molecule has 0 aliphatic carbocycles. The Hall–Kier alpha value is -4.25. The number of carbonyl (C=O) groups excluding carboxylic acids is 4. The Balaban J connectivity index is 1.98. The third kappa shape index (κ3) is 5.69. The average molecular weight is 518 g/mol. The molecule has 0 saturated carbocycles. The van der Waals surface area contributed by atoms with Gasteiger partial charge in [-0.2, -0.15) is 0 Å². The highest BCUT2D eigenvalue weighted by Gasteiger charge is 2.37. The van der Waals surface area contributed by atoms with Crippen LogP contribution in [-0.2, 0) is 14.4 Å². The van der Waals surface area contributed by atoms with E-state index in [1.165, 1.54) is 44.6 Å². The lowest BCUT2D eigenvalue weighted by molar-refractivity contribution is -0.123.